The van der Waals surface area contributed by atoms with Gasteiger partial charge in [0.05, 0.1) is 23.8 Å². The van der Waals surface area contributed by atoms with Crippen LogP contribution in [0.4, 0.5) is 0 Å². The SMILES string of the molecule is O=C(NCCOCCBr)c1cc(O)ccc1Cl. The van der Waals surface area contributed by atoms with Crippen molar-refractivity contribution >= 4 is 33.4 Å². The Morgan fingerprint density at radius 3 is 2.94 bits per heavy atom. The van der Waals surface area contributed by atoms with Crippen LogP contribution in [0.1, 0.15) is 10.4 Å². The second-order valence-electron chi connectivity index (χ2n) is 3.22. The first-order valence-corrected chi connectivity index (χ1v) is 6.55. The zero-order valence-electron chi connectivity index (χ0n) is 9.08. The van der Waals surface area contributed by atoms with Crippen molar-refractivity contribution in [2.75, 3.05) is 25.1 Å². The number of amides is 1. The Morgan fingerprint density at radius 1 is 1.47 bits per heavy atom. The van der Waals surface area contributed by atoms with Gasteiger partial charge in [-0.05, 0) is 18.2 Å². The normalized spacial score (nSPS) is 10.2. The molecule has 0 saturated carbocycles. The van der Waals surface area contributed by atoms with Crippen LogP contribution in [0.3, 0.4) is 0 Å². The first-order chi connectivity index (χ1) is 8.15. The number of benzene rings is 1. The van der Waals surface area contributed by atoms with E-state index in [4.69, 9.17) is 16.3 Å². The molecule has 0 bridgehead atoms. The Kier molecular flexibility index (Phi) is 6.32. The van der Waals surface area contributed by atoms with Gasteiger partial charge < -0.3 is 15.2 Å². The number of aromatic hydroxyl groups is 1. The highest BCUT2D eigenvalue weighted by atomic mass is 79.9. The second-order valence-corrected chi connectivity index (χ2v) is 4.42. The highest BCUT2D eigenvalue weighted by molar-refractivity contribution is 9.09. The summed E-state index contributed by atoms with van der Waals surface area (Å²) >= 11 is 9.07. The fourth-order valence-electron chi connectivity index (χ4n) is 1.18. The Hall–Kier alpha value is -0.780. The molecule has 0 unspecified atom stereocenters. The van der Waals surface area contributed by atoms with Crippen LogP contribution >= 0.6 is 27.5 Å². The Bertz CT molecular complexity index is 387. The minimum atomic E-state index is -0.326. The second kappa shape index (κ2) is 7.53. The Balaban J connectivity index is 2.44. The number of hydrogen-bond acceptors (Lipinski definition) is 3. The lowest BCUT2D eigenvalue weighted by Gasteiger charge is -2.07. The maximum Gasteiger partial charge on any atom is 0.253 e. The highest BCUT2D eigenvalue weighted by Crippen LogP contribution is 2.20. The van der Waals surface area contributed by atoms with E-state index in [-0.39, 0.29) is 17.2 Å². The number of phenols is 1. The van der Waals surface area contributed by atoms with E-state index in [1.165, 1.54) is 18.2 Å². The molecular formula is C11H13BrClNO3. The number of ether oxygens (including phenoxy) is 1. The lowest BCUT2D eigenvalue weighted by atomic mass is 10.2. The topological polar surface area (TPSA) is 58.6 Å². The molecule has 1 amide bonds. The predicted octanol–water partition coefficient (Wildman–Crippen LogP) is 2.19. The van der Waals surface area contributed by atoms with E-state index < -0.39 is 0 Å². The standard InChI is InChI=1S/C11H13BrClNO3/c12-3-5-17-6-4-14-11(16)9-7-8(15)1-2-10(9)13/h1-2,7,15H,3-6H2,(H,14,16). The van der Waals surface area contributed by atoms with Crippen molar-refractivity contribution in [1.29, 1.82) is 0 Å². The molecule has 0 saturated heterocycles. The van der Waals surface area contributed by atoms with Gasteiger partial charge >= 0.3 is 0 Å². The largest absolute Gasteiger partial charge is 0.508 e. The lowest BCUT2D eigenvalue weighted by Crippen LogP contribution is -2.27. The average Bonchev–Trinajstić information content (AvgIpc) is 2.32. The third-order valence-electron chi connectivity index (χ3n) is 1.95. The molecule has 0 heterocycles. The van der Waals surface area contributed by atoms with Gasteiger partial charge in [0.2, 0.25) is 0 Å². The van der Waals surface area contributed by atoms with E-state index >= 15 is 0 Å². The van der Waals surface area contributed by atoms with Crippen LogP contribution in [0.2, 0.25) is 5.02 Å². The fraction of sp³-hybridized carbons (Fsp3) is 0.364. The van der Waals surface area contributed by atoms with Gasteiger partial charge in [0, 0.05) is 11.9 Å². The summed E-state index contributed by atoms with van der Waals surface area (Å²) in [5, 5.41) is 13.0. The molecule has 1 aromatic rings. The average molecular weight is 323 g/mol. The van der Waals surface area contributed by atoms with Crippen LogP contribution < -0.4 is 5.32 Å². The predicted molar refractivity (Wildman–Crippen MR) is 70.1 cm³/mol. The van der Waals surface area contributed by atoms with Crippen LogP contribution in [0.15, 0.2) is 18.2 Å². The molecule has 2 N–H and O–H groups in total. The van der Waals surface area contributed by atoms with E-state index in [1.807, 2.05) is 0 Å². The molecule has 0 aliphatic heterocycles. The molecule has 0 aromatic heterocycles. The quantitative estimate of drug-likeness (QED) is 0.623. The molecular weight excluding hydrogens is 309 g/mol. The fourth-order valence-corrected chi connectivity index (χ4v) is 1.61. The van der Waals surface area contributed by atoms with Crippen molar-refractivity contribution in [2.24, 2.45) is 0 Å². The Labute approximate surface area is 113 Å². The number of phenolic OH excluding ortho intramolecular Hbond substituents is 1. The van der Waals surface area contributed by atoms with Crippen molar-refractivity contribution in [1.82, 2.24) is 5.32 Å². The number of carbonyl (C=O) groups is 1. The summed E-state index contributed by atoms with van der Waals surface area (Å²) in [5.41, 5.74) is 0.257. The molecule has 4 nitrogen and oxygen atoms in total. The molecule has 1 aromatic carbocycles. The van der Waals surface area contributed by atoms with Gasteiger partial charge in [-0.15, -0.1) is 0 Å². The first kappa shape index (κ1) is 14.3. The third kappa shape index (κ3) is 4.93. The number of rotatable bonds is 6. The van der Waals surface area contributed by atoms with Crippen molar-refractivity contribution < 1.29 is 14.6 Å². The van der Waals surface area contributed by atoms with Gasteiger partial charge in [0.25, 0.3) is 5.91 Å². The summed E-state index contributed by atoms with van der Waals surface area (Å²) in [6.07, 6.45) is 0. The molecule has 0 aliphatic rings. The zero-order valence-corrected chi connectivity index (χ0v) is 11.4. The van der Waals surface area contributed by atoms with E-state index in [0.29, 0.717) is 24.8 Å². The summed E-state index contributed by atoms with van der Waals surface area (Å²) in [6.45, 7) is 1.44. The lowest BCUT2D eigenvalue weighted by molar-refractivity contribution is 0.0924. The molecule has 0 radical (unpaired) electrons. The van der Waals surface area contributed by atoms with E-state index in [0.717, 1.165) is 5.33 Å². The number of nitrogens with one attached hydrogen (secondary N) is 1. The van der Waals surface area contributed by atoms with Gasteiger partial charge in [-0.1, -0.05) is 27.5 Å². The van der Waals surface area contributed by atoms with Crippen molar-refractivity contribution in [3.05, 3.63) is 28.8 Å². The maximum absolute atomic E-state index is 11.7. The smallest absolute Gasteiger partial charge is 0.253 e. The molecule has 0 aliphatic carbocycles. The van der Waals surface area contributed by atoms with E-state index in [2.05, 4.69) is 21.2 Å². The summed E-state index contributed by atoms with van der Waals surface area (Å²) in [4.78, 5) is 11.7. The highest BCUT2D eigenvalue weighted by Gasteiger charge is 2.10. The molecule has 0 spiro atoms. The first-order valence-electron chi connectivity index (χ1n) is 5.05. The van der Waals surface area contributed by atoms with Gasteiger partial charge in [-0.25, -0.2) is 0 Å². The number of hydrogen-bond donors (Lipinski definition) is 2. The Morgan fingerprint density at radius 2 is 2.24 bits per heavy atom. The summed E-state index contributed by atoms with van der Waals surface area (Å²) in [5.74, 6) is -0.316. The summed E-state index contributed by atoms with van der Waals surface area (Å²) < 4.78 is 5.18. The van der Waals surface area contributed by atoms with Crippen LogP contribution in [0.5, 0.6) is 5.75 Å². The molecule has 0 fully saturated rings. The molecule has 6 heteroatoms. The van der Waals surface area contributed by atoms with Crippen LogP contribution in [-0.4, -0.2) is 36.1 Å². The van der Waals surface area contributed by atoms with Gasteiger partial charge in [-0.3, -0.25) is 4.79 Å². The van der Waals surface area contributed by atoms with Crippen LogP contribution in [0, 0.1) is 0 Å². The molecule has 1 rings (SSSR count). The minimum Gasteiger partial charge on any atom is -0.508 e. The monoisotopic (exact) mass is 321 g/mol. The van der Waals surface area contributed by atoms with Gasteiger partial charge in [0.1, 0.15) is 5.75 Å². The van der Waals surface area contributed by atoms with Crippen molar-refractivity contribution in [2.45, 2.75) is 0 Å². The summed E-state index contributed by atoms with van der Waals surface area (Å²) in [7, 11) is 0. The van der Waals surface area contributed by atoms with Gasteiger partial charge in [-0.2, -0.15) is 0 Å². The minimum absolute atomic E-state index is 0.00934. The van der Waals surface area contributed by atoms with Gasteiger partial charge in [0.15, 0.2) is 0 Å². The summed E-state index contributed by atoms with van der Waals surface area (Å²) in [6, 6.07) is 4.24. The van der Waals surface area contributed by atoms with E-state index in [1.54, 1.807) is 0 Å². The number of carbonyl (C=O) groups excluding carboxylic acids is 1. The van der Waals surface area contributed by atoms with Crippen molar-refractivity contribution in [3.63, 3.8) is 0 Å². The molecule has 17 heavy (non-hydrogen) atoms. The van der Waals surface area contributed by atoms with Crippen LogP contribution in [0.25, 0.3) is 0 Å². The van der Waals surface area contributed by atoms with Crippen LogP contribution in [-0.2, 0) is 4.74 Å². The zero-order chi connectivity index (χ0) is 12.7. The number of alkyl halides is 1. The molecule has 0 atom stereocenters. The van der Waals surface area contributed by atoms with E-state index in [9.17, 15) is 9.90 Å². The van der Waals surface area contributed by atoms with Crippen molar-refractivity contribution in [3.8, 4) is 5.75 Å². The third-order valence-corrected chi connectivity index (χ3v) is 2.60. The molecule has 94 valence electrons. The maximum atomic E-state index is 11.7. The number of halogens is 2.